The molecule has 3 saturated heterocycles. The van der Waals surface area contributed by atoms with Crippen LogP contribution >= 0.6 is 0 Å². The van der Waals surface area contributed by atoms with Gasteiger partial charge in [-0.3, -0.25) is 4.79 Å². The van der Waals surface area contributed by atoms with Gasteiger partial charge in [0.25, 0.3) is 5.91 Å². The molecule has 0 unspecified atom stereocenters. The molecule has 6 rings (SSSR count). The Morgan fingerprint density at radius 3 is 2.38 bits per heavy atom. The van der Waals surface area contributed by atoms with Crippen LogP contribution in [0.1, 0.15) is 80.8 Å². The highest BCUT2D eigenvalue weighted by Gasteiger charge is 2.35. The lowest BCUT2D eigenvalue weighted by Gasteiger charge is -2.43. The Morgan fingerprint density at radius 1 is 0.952 bits per heavy atom. The molecule has 1 atom stereocenters. The molecule has 3 aliphatic heterocycles. The van der Waals surface area contributed by atoms with Crippen LogP contribution in [0.2, 0.25) is 0 Å². The van der Waals surface area contributed by atoms with Gasteiger partial charge in [-0.25, -0.2) is 14.8 Å². The van der Waals surface area contributed by atoms with Crippen molar-refractivity contribution in [1.82, 2.24) is 24.7 Å². The van der Waals surface area contributed by atoms with Gasteiger partial charge in [0.2, 0.25) is 0 Å². The Kier molecular flexibility index (Phi) is 8.25. The number of hydrogen-bond donors (Lipinski definition) is 2. The Balaban J connectivity index is 1.14. The van der Waals surface area contributed by atoms with Crippen molar-refractivity contribution in [3.05, 3.63) is 41.7 Å². The van der Waals surface area contributed by atoms with Crippen molar-refractivity contribution < 1.29 is 9.59 Å². The minimum atomic E-state index is -0.617. The zero-order valence-corrected chi connectivity index (χ0v) is 25.2. The number of hydrogen-bond acceptors (Lipinski definition) is 7. The maximum atomic E-state index is 12.8. The summed E-state index contributed by atoms with van der Waals surface area (Å²) in [5.41, 5.74) is 8.18. The molecule has 10 nitrogen and oxygen atoms in total. The number of aromatic nitrogens is 2. The van der Waals surface area contributed by atoms with Crippen LogP contribution < -0.4 is 16.0 Å². The maximum absolute atomic E-state index is 12.8. The van der Waals surface area contributed by atoms with E-state index in [1.54, 1.807) is 11.1 Å². The van der Waals surface area contributed by atoms with Gasteiger partial charge < -0.3 is 30.7 Å². The largest absolute Gasteiger partial charge is 0.364 e. The maximum Gasteiger partial charge on any atom is 0.320 e. The highest BCUT2D eigenvalue weighted by Crippen LogP contribution is 2.38. The Labute approximate surface area is 249 Å². The van der Waals surface area contributed by atoms with Crippen molar-refractivity contribution in [2.45, 2.75) is 82.2 Å². The van der Waals surface area contributed by atoms with Crippen molar-refractivity contribution in [3.8, 4) is 0 Å². The zero-order valence-electron chi connectivity index (χ0n) is 25.2. The van der Waals surface area contributed by atoms with Crippen molar-refractivity contribution in [1.29, 1.82) is 0 Å². The van der Waals surface area contributed by atoms with Crippen molar-refractivity contribution in [3.63, 3.8) is 0 Å². The standard InChI is InChI=1S/C32H46N8O2/c1-32(14-19-38(20-15-32)25-7-3-4-8-25)23-10-12-24(13-11-23)35-30-28(29(33)41)34-21-27(36-30)39-17-5-9-26(22-39)40-18-6-16-37(2)31(40)42/h10-13,21,25-26H,3-9,14-20,22H2,1-2H3,(H2,33,41)(H,35,36)/t26-/m1/s1. The molecule has 4 heterocycles. The number of urea groups is 1. The third-order valence-electron chi connectivity index (χ3n) is 10.2. The van der Waals surface area contributed by atoms with Crippen molar-refractivity contribution >= 4 is 29.3 Å². The van der Waals surface area contributed by atoms with E-state index in [0.29, 0.717) is 18.2 Å². The zero-order chi connectivity index (χ0) is 29.3. The summed E-state index contributed by atoms with van der Waals surface area (Å²) in [6.45, 7) is 7.84. The third kappa shape index (κ3) is 5.91. The molecular formula is C32H46N8O2. The predicted octanol–water partition coefficient (Wildman–Crippen LogP) is 4.34. The van der Waals surface area contributed by atoms with Crippen molar-refractivity contribution in [2.75, 3.05) is 56.5 Å². The molecule has 1 aliphatic carbocycles. The topological polar surface area (TPSA) is 111 Å². The second kappa shape index (κ2) is 12.1. The van der Waals surface area contributed by atoms with Crippen LogP contribution in [0, 0.1) is 0 Å². The number of nitrogens with one attached hydrogen (secondary N) is 1. The average Bonchev–Trinajstić information content (AvgIpc) is 3.54. The second-order valence-electron chi connectivity index (χ2n) is 13.0. The van der Waals surface area contributed by atoms with E-state index >= 15 is 0 Å². The summed E-state index contributed by atoms with van der Waals surface area (Å²) in [6, 6.07) is 9.57. The van der Waals surface area contributed by atoms with Gasteiger partial charge in [-0.2, -0.15) is 0 Å². The normalized spacial score (nSPS) is 23.8. The molecule has 4 fully saturated rings. The fraction of sp³-hybridized carbons (Fsp3) is 0.625. The Hall–Kier alpha value is -3.40. The number of primary amides is 1. The molecule has 4 aliphatic rings. The molecule has 3 amide bonds. The summed E-state index contributed by atoms with van der Waals surface area (Å²) in [7, 11) is 1.87. The van der Waals surface area contributed by atoms with Gasteiger partial charge in [-0.1, -0.05) is 31.9 Å². The average molecular weight is 575 g/mol. The molecular weight excluding hydrogens is 528 g/mol. The lowest BCUT2D eigenvalue weighted by atomic mass is 9.74. The number of piperidine rings is 2. The minimum Gasteiger partial charge on any atom is -0.364 e. The SMILES string of the molecule is CN1CCCN([C@@H]2CCCN(c3cnc(C(N)=O)c(Nc4ccc(C5(C)CCN(C6CCCC6)CC5)cc4)n3)C2)C1=O. The van der Waals surface area contributed by atoms with Gasteiger partial charge in [-0.15, -0.1) is 0 Å². The molecule has 0 radical (unpaired) electrons. The monoisotopic (exact) mass is 574 g/mol. The molecule has 1 aromatic carbocycles. The highest BCUT2D eigenvalue weighted by molar-refractivity contribution is 5.96. The third-order valence-corrected chi connectivity index (χ3v) is 10.2. The van der Waals surface area contributed by atoms with E-state index in [1.807, 2.05) is 11.9 Å². The van der Waals surface area contributed by atoms with Crippen LogP contribution in [-0.2, 0) is 5.41 Å². The molecule has 42 heavy (non-hydrogen) atoms. The highest BCUT2D eigenvalue weighted by atomic mass is 16.2. The lowest BCUT2D eigenvalue weighted by molar-refractivity contribution is 0.0995. The first-order chi connectivity index (χ1) is 20.3. The molecule has 0 bridgehead atoms. The Bertz CT molecular complexity index is 1270. The second-order valence-corrected chi connectivity index (χ2v) is 13.0. The number of carbonyl (C=O) groups is 2. The predicted molar refractivity (Wildman–Crippen MR) is 165 cm³/mol. The van der Waals surface area contributed by atoms with E-state index in [4.69, 9.17) is 10.7 Å². The van der Waals surface area contributed by atoms with Crippen LogP contribution in [0.4, 0.5) is 22.1 Å². The number of nitrogens with two attached hydrogens (primary N) is 1. The summed E-state index contributed by atoms with van der Waals surface area (Å²) in [5, 5.41) is 3.33. The van der Waals surface area contributed by atoms with Crippen LogP contribution in [0.5, 0.6) is 0 Å². The number of benzene rings is 1. The number of rotatable bonds is 7. The van der Waals surface area contributed by atoms with Gasteiger partial charge in [0.15, 0.2) is 11.5 Å². The summed E-state index contributed by atoms with van der Waals surface area (Å²) < 4.78 is 0. The molecule has 3 N–H and O–H groups in total. The van der Waals surface area contributed by atoms with Crippen LogP contribution in [0.25, 0.3) is 0 Å². The molecule has 2 aromatic rings. The van der Waals surface area contributed by atoms with E-state index in [1.165, 1.54) is 57.2 Å². The molecule has 10 heteroatoms. The van der Waals surface area contributed by atoms with Crippen molar-refractivity contribution in [2.24, 2.45) is 5.73 Å². The molecule has 226 valence electrons. The molecule has 0 spiro atoms. The van der Waals surface area contributed by atoms with E-state index < -0.39 is 5.91 Å². The first-order valence-electron chi connectivity index (χ1n) is 15.9. The van der Waals surface area contributed by atoms with Gasteiger partial charge in [0.05, 0.1) is 12.2 Å². The van der Waals surface area contributed by atoms with E-state index in [9.17, 15) is 9.59 Å². The summed E-state index contributed by atoms with van der Waals surface area (Å²) in [6.07, 6.45) is 12.4. The number of anilines is 3. The molecule has 1 saturated carbocycles. The van der Waals surface area contributed by atoms with Crippen LogP contribution in [0.15, 0.2) is 30.5 Å². The summed E-state index contributed by atoms with van der Waals surface area (Å²) in [5.74, 6) is 0.427. The number of amides is 3. The quantitative estimate of drug-likeness (QED) is 0.506. The number of carbonyl (C=O) groups excluding carboxylic acids is 2. The lowest BCUT2D eigenvalue weighted by Crippen LogP contribution is -2.56. The smallest absolute Gasteiger partial charge is 0.320 e. The van der Waals surface area contributed by atoms with Crippen LogP contribution in [-0.4, -0.2) is 95.0 Å². The van der Waals surface area contributed by atoms with E-state index in [0.717, 1.165) is 50.6 Å². The number of likely N-dealkylation sites (tertiary alicyclic amines) is 1. The van der Waals surface area contributed by atoms with Gasteiger partial charge in [0, 0.05) is 45.0 Å². The van der Waals surface area contributed by atoms with Gasteiger partial charge in [0.1, 0.15) is 5.82 Å². The first-order valence-corrected chi connectivity index (χ1v) is 15.9. The Morgan fingerprint density at radius 2 is 1.67 bits per heavy atom. The number of nitrogens with zero attached hydrogens (tertiary/aromatic N) is 6. The fourth-order valence-corrected chi connectivity index (χ4v) is 7.48. The minimum absolute atomic E-state index is 0.0993. The fourth-order valence-electron chi connectivity index (χ4n) is 7.48. The van der Waals surface area contributed by atoms with E-state index in [2.05, 4.69) is 51.3 Å². The van der Waals surface area contributed by atoms with E-state index in [-0.39, 0.29) is 23.2 Å². The van der Waals surface area contributed by atoms with Gasteiger partial charge >= 0.3 is 6.03 Å². The molecule has 1 aromatic heterocycles. The van der Waals surface area contributed by atoms with Gasteiger partial charge in [-0.05, 0) is 81.1 Å². The first kappa shape index (κ1) is 28.7. The summed E-state index contributed by atoms with van der Waals surface area (Å²) in [4.78, 5) is 43.0. The van der Waals surface area contributed by atoms with Crippen LogP contribution in [0.3, 0.4) is 0 Å². The summed E-state index contributed by atoms with van der Waals surface area (Å²) >= 11 is 0.